The lowest BCUT2D eigenvalue weighted by molar-refractivity contribution is -0.137. The number of nitrogens with zero attached hydrogens (tertiary/aromatic N) is 1. The van der Waals surface area contributed by atoms with Crippen LogP contribution in [-0.2, 0) is 6.18 Å². The molecule has 1 unspecified atom stereocenters. The number of ether oxygens (including phenoxy) is 2. The summed E-state index contributed by atoms with van der Waals surface area (Å²) in [5.41, 5.74) is 0.186. The molecule has 4 rings (SSSR count). The van der Waals surface area contributed by atoms with E-state index in [1.165, 1.54) is 12.1 Å². The number of alkyl halides is 3. The first kappa shape index (κ1) is 19.2. The third-order valence-electron chi connectivity index (χ3n) is 4.89. The van der Waals surface area contributed by atoms with Gasteiger partial charge in [-0.05, 0) is 43.2 Å². The van der Waals surface area contributed by atoms with Crippen LogP contribution in [0, 0.1) is 0 Å². The van der Waals surface area contributed by atoms with Crippen molar-refractivity contribution >= 4 is 17.4 Å². The van der Waals surface area contributed by atoms with E-state index in [0.717, 1.165) is 30.7 Å². The summed E-state index contributed by atoms with van der Waals surface area (Å²) < 4.78 is 49.2. The average molecular weight is 407 g/mol. The number of hydrogen-bond donors (Lipinski definition) is 2. The fourth-order valence-corrected chi connectivity index (χ4v) is 3.48. The predicted molar refractivity (Wildman–Crippen MR) is 101 cm³/mol. The van der Waals surface area contributed by atoms with Gasteiger partial charge in [0, 0.05) is 36.6 Å². The number of halogens is 3. The number of amides is 2. The van der Waals surface area contributed by atoms with Crippen LogP contribution in [0.1, 0.15) is 18.4 Å². The van der Waals surface area contributed by atoms with Crippen LogP contribution in [0.15, 0.2) is 42.5 Å². The third-order valence-corrected chi connectivity index (χ3v) is 4.89. The van der Waals surface area contributed by atoms with Crippen molar-refractivity contribution < 1.29 is 27.4 Å². The first-order chi connectivity index (χ1) is 13.9. The monoisotopic (exact) mass is 407 g/mol. The molecule has 0 spiro atoms. The van der Waals surface area contributed by atoms with Crippen LogP contribution in [0.25, 0.3) is 0 Å². The third kappa shape index (κ3) is 4.49. The van der Waals surface area contributed by atoms with E-state index in [1.54, 1.807) is 4.90 Å². The van der Waals surface area contributed by atoms with Gasteiger partial charge in [-0.2, -0.15) is 13.2 Å². The number of carbonyl (C=O) groups excluding carboxylic acids is 1. The number of piperidine rings is 1. The van der Waals surface area contributed by atoms with Gasteiger partial charge in [0.15, 0.2) is 11.5 Å². The summed E-state index contributed by atoms with van der Waals surface area (Å²) in [5.74, 6) is 1.37. The minimum Gasteiger partial charge on any atom is -0.454 e. The normalized spacial score (nSPS) is 18.4. The molecular formula is C20H20F3N3O3. The summed E-state index contributed by atoms with van der Waals surface area (Å²) in [6.45, 7) is 1.19. The number of benzene rings is 2. The Bertz CT molecular complexity index is 904. The quantitative estimate of drug-likeness (QED) is 0.784. The van der Waals surface area contributed by atoms with Gasteiger partial charge in [0.1, 0.15) is 0 Å². The van der Waals surface area contributed by atoms with E-state index < -0.39 is 17.8 Å². The van der Waals surface area contributed by atoms with E-state index in [0.29, 0.717) is 24.6 Å². The van der Waals surface area contributed by atoms with Crippen LogP contribution in [0.4, 0.5) is 29.3 Å². The molecule has 2 amide bonds. The maximum Gasteiger partial charge on any atom is 0.416 e. The number of likely N-dealkylation sites (tertiary alicyclic amines) is 1. The van der Waals surface area contributed by atoms with Crippen molar-refractivity contribution in [3.05, 3.63) is 48.0 Å². The summed E-state index contributed by atoms with van der Waals surface area (Å²) in [6, 6.07) is 9.80. The highest BCUT2D eigenvalue weighted by atomic mass is 19.4. The van der Waals surface area contributed by atoms with Crippen LogP contribution in [0.3, 0.4) is 0 Å². The summed E-state index contributed by atoms with van der Waals surface area (Å²) >= 11 is 0. The average Bonchev–Trinajstić information content (AvgIpc) is 3.15. The minimum atomic E-state index is -4.45. The first-order valence-electron chi connectivity index (χ1n) is 9.28. The van der Waals surface area contributed by atoms with Crippen molar-refractivity contribution in [1.29, 1.82) is 0 Å². The first-order valence-corrected chi connectivity index (χ1v) is 9.28. The lowest BCUT2D eigenvalue weighted by Gasteiger charge is -2.33. The molecular weight excluding hydrogens is 387 g/mol. The fraction of sp³-hybridized carbons (Fsp3) is 0.350. The maximum atomic E-state index is 12.9. The highest BCUT2D eigenvalue weighted by molar-refractivity contribution is 5.89. The summed E-state index contributed by atoms with van der Waals surface area (Å²) in [4.78, 5) is 14.2. The molecule has 1 atom stereocenters. The number of anilines is 2. The molecule has 0 bridgehead atoms. The van der Waals surface area contributed by atoms with E-state index >= 15 is 0 Å². The van der Waals surface area contributed by atoms with Crippen molar-refractivity contribution in [3.8, 4) is 11.5 Å². The van der Waals surface area contributed by atoms with Gasteiger partial charge in [-0.3, -0.25) is 0 Å². The fourth-order valence-electron chi connectivity index (χ4n) is 3.48. The molecule has 0 aromatic heterocycles. The molecule has 29 heavy (non-hydrogen) atoms. The highest BCUT2D eigenvalue weighted by Crippen LogP contribution is 2.35. The van der Waals surface area contributed by atoms with Crippen molar-refractivity contribution in [2.45, 2.75) is 25.1 Å². The Morgan fingerprint density at radius 2 is 1.90 bits per heavy atom. The van der Waals surface area contributed by atoms with Crippen LogP contribution >= 0.6 is 0 Å². The Kier molecular flexibility index (Phi) is 5.12. The smallest absolute Gasteiger partial charge is 0.416 e. The molecule has 0 saturated carbocycles. The number of rotatable bonds is 3. The second-order valence-corrected chi connectivity index (χ2v) is 7.01. The second-order valence-electron chi connectivity index (χ2n) is 7.01. The molecule has 2 aliphatic heterocycles. The molecule has 1 saturated heterocycles. The Balaban J connectivity index is 1.37. The topological polar surface area (TPSA) is 62.8 Å². The van der Waals surface area contributed by atoms with E-state index in [9.17, 15) is 18.0 Å². The zero-order chi connectivity index (χ0) is 20.4. The number of carbonyl (C=O) groups is 1. The van der Waals surface area contributed by atoms with Gasteiger partial charge < -0.3 is 25.0 Å². The Labute approximate surface area is 165 Å². The lowest BCUT2D eigenvalue weighted by atomic mass is 10.1. The molecule has 1 fully saturated rings. The van der Waals surface area contributed by atoms with Gasteiger partial charge in [-0.15, -0.1) is 0 Å². The van der Waals surface area contributed by atoms with E-state index in [2.05, 4.69) is 10.6 Å². The highest BCUT2D eigenvalue weighted by Gasteiger charge is 2.31. The molecule has 154 valence electrons. The van der Waals surface area contributed by atoms with Gasteiger partial charge in [0.05, 0.1) is 5.56 Å². The lowest BCUT2D eigenvalue weighted by Crippen LogP contribution is -2.46. The van der Waals surface area contributed by atoms with Crippen molar-refractivity contribution in [3.63, 3.8) is 0 Å². The van der Waals surface area contributed by atoms with Crippen molar-refractivity contribution in [2.24, 2.45) is 0 Å². The molecule has 0 radical (unpaired) electrons. The Hall–Kier alpha value is -3.10. The molecule has 0 aliphatic carbocycles. The van der Waals surface area contributed by atoms with Gasteiger partial charge in [0.25, 0.3) is 0 Å². The largest absolute Gasteiger partial charge is 0.454 e. The zero-order valence-corrected chi connectivity index (χ0v) is 15.5. The second kappa shape index (κ2) is 7.73. The maximum absolute atomic E-state index is 12.9. The molecule has 2 aromatic rings. The molecule has 2 heterocycles. The van der Waals surface area contributed by atoms with Gasteiger partial charge in [0.2, 0.25) is 6.79 Å². The number of fused-ring (bicyclic) bond motifs is 1. The van der Waals surface area contributed by atoms with Crippen molar-refractivity contribution in [1.82, 2.24) is 4.90 Å². The predicted octanol–water partition coefficient (Wildman–Crippen LogP) is 4.54. The van der Waals surface area contributed by atoms with E-state index in [-0.39, 0.29) is 18.5 Å². The van der Waals surface area contributed by atoms with Crippen LogP contribution < -0.4 is 20.1 Å². The van der Waals surface area contributed by atoms with Gasteiger partial charge >= 0.3 is 12.2 Å². The van der Waals surface area contributed by atoms with Crippen LogP contribution in [0.5, 0.6) is 11.5 Å². The Morgan fingerprint density at radius 3 is 2.72 bits per heavy atom. The molecule has 2 N–H and O–H groups in total. The number of hydrogen-bond acceptors (Lipinski definition) is 4. The SMILES string of the molecule is O=C(Nc1cccc(C(F)(F)F)c1)N1CCCC(Nc2ccc3c(c2)OCO3)C1. The number of nitrogens with one attached hydrogen (secondary N) is 2. The molecule has 6 nitrogen and oxygen atoms in total. The standard InChI is InChI=1S/C20H20F3N3O3/c21-20(22,23)13-3-1-4-14(9-13)25-19(27)26-8-2-5-16(11-26)24-15-6-7-17-18(10-15)29-12-28-17/h1,3-4,6-7,9-10,16,24H,2,5,8,11-12H2,(H,25,27). The van der Waals surface area contributed by atoms with E-state index in [4.69, 9.17) is 9.47 Å². The minimum absolute atomic E-state index is 0.0244. The molecule has 2 aromatic carbocycles. The van der Waals surface area contributed by atoms with Crippen LogP contribution in [0.2, 0.25) is 0 Å². The van der Waals surface area contributed by atoms with Crippen molar-refractivity contribution in [2.75, 3.05) is 30.5 Å². The molecule has 2 aliphatic rings. The number of urea groups is 1. The summed E-state index contributed by atoms with van der Waals surface area (Å²) in [7, 11) is 0. The van der Waals surface area contributed by atoms with Gasteiger partial charge in [-0.1, -0.05) is 6.07 Å². The molecule has 9 heteroatoms. The summed E-state index contributed by atoms with van der Waals surface area (Å²) in [5, 5.41) is 5.95. The summed E-state index contributed by atoms with van der Waals surface area (Å²) in [6.07, 6.45) is -2.79. The Morgan fingerprint density at radius 1 is 1.07 bits per heavy atom. The van der Waals surface area contributed by atoms with E-state index in [1.807, 2.05) is 18.2 Å². The zero-order valence-electron chi connectivity index (χ0n) is 15.5. The van der Waals surface area contributed by atoms with Gasteiger partial charge in [-0.25, -0.2) is 4.79 Å². The van der Waals surface area contributed by atoms with Crippen LogP contribution in [-0.4, -0.2) is 36.9 Å².